The van der Waals surface area contributed by atoms with Crippen LogP contribution in [0.3, 0.4) is 0 Å². The summed E-state index contributed by atoms with van der Waals surface area (Å²) < 4.78 is 15.5. The molecular weight excluding hydrogens is 222 g/mol. The maximum Gasteiger partial charge on any atom is 0.310 e. The summed E-state index contributed by atoms with van der Waals surface area (Å²) in [7, 11) is 0. The Bertz CT molecular complexity index is 374. The fourth-order valence-electron chi connectivity index (χ4n) is 1.91. The number of ether oxygens (including phenoxy) is 2. The van der Waals surface area contributed by atoms with Gasteiger partial charge in [0.05, 0.1) is 18.2 Å². The van der Waals surface area contributed by atoms with Gasteiger partial charge in [-0.2, -0.15) is 0 Å². The summed E-state index contributed by atoms with van der Waals surface area (Å²) in [6.07, 6.45) is 2.31. The summed E-state index contributed by atoms with van der Waals surface area (Å²) in [5.74, 6) is 0.423. The Kier molecular flexibility index (Phi) is 3.78. The first-order valence-electron chi connectivity index (χ1n) is 5.86. The molecule has 2 heterocycles. The second-order valence-corrected chi connectivity index (χ2v) is 4.30. The van der Waals surface area contributed by atoms with Crippen LogP contribution in [0.4, 0.5) is 0 Å². The zero-order chi connectivity index (χ0) is 12.3. The first kappa shape index (κ1) is 12.1. The van der Waals surface area contributed by atoms with Crippen LogP contribution in [-0.4, -0.2) is 30.4 Å². The van der Waals surface area contributed by atoms with Gasteiger partial charge in [0.15, 0.2) is 0 Å². The molecule has 94 valence electrons. The third-order valence-electron chi connectivity index (χ3n) is 2.96. The van der Waals surface area contributed by atoms with Crippen molar-refractivity contribution in [1.29, 1.82) is 0 Å². The largest absolute Gasteiger partial charge is 0.463 e. The number of aryl methyl sites for hydroxylation is 2. The summed E-state index contributed by atoms with van der Waals surface area (Å²) in [4.78, 5) is 11.6. The van der Waals surface area contributed by atoms with Crippen molar-refractivity contribution < 1.29 is 18.8 Å². The van der Waals surface area contributed by atoms with Crippen molar-refractivity contribution in [3.05, 3.63) is 17.0 Å². The van der Waals surface area contributed by atoms with Gasteiger partial charge in [-0.05, 0) is 26.7 Å². The van der Waals surface area contributed by atoms with E-state index in [-0.39, 0.29) is 18.5 Å². The molecule has 0 spiro atoms. The number of nitrogens with zero attached hydrogens (tertiary/aromatic N) is 1. The molecule has 0 bridgehead atoms. The van der Waals surface area contributed by atoms with Crippen LogP contribution in [0.25, 0.3) is 0 Å². The monoisotopic (exact) mass is 239 g/mol. The zero-order valence-corrected chi connectivity index (χ0v) is 10.2. The molecule has 0 aliphatic carbocycles. The topological polar surface area (TPSA) is 61.6 Å². The maximum absolute atomic E-state index is 11.6. The molecule has 17 heavy (non-hydrogen) atoms. The fraction of sp³-hybridized carbons (Fsp3) is 0.667. The standard InChI is InChI=1S/C12H17NO4/c1-8-11(9(2)17-13-8)6-12(14)16-7-10-4-3-5-15-10/h10H,3-7H2,1-2H3. The van der Waals surface area contributed by atoms with Crippen molar-refractivity contribution in [2.75, 3.05) is 13.2 Å². The van der Waals surface area contributed by atoms with E-state index < -0.39 is 0 Å². The molecule has 1 fully saturated rings. The number of esters is 1. The number of hydrogen-bond acceptors (Lipinski definition) is 5. The lowest BCUT2D eigenvalue weighted by Gasteiger charge is -2.09. The van der Waals surface area contributed by atoms with Gasteiger partial charge >= 0.3 is 5.97 Å². The van der Waals surface area contributed by atoms with E-state index in [1.54, 1.807) is 6.92 Å². The quantitative estimate of drug-likeness (QED) is 0.746. The second kappa shape index (κ2) is 5.31. The van der Waals surface area contributed by atoms with Crippen LogP contribution in [0.5, 0.6) is 0 Å². The van der Waals surface area contributed by atoms with Gasteiger partial charge in [0, 0.05) is 12.2 Å². The summed E-state index contributed by atoms with van der Waals surface area (Å²) in [6.45, 7) is 4.73. The van der Waals surface area contributed by atoms with Crippen LogP contribution in [0.1, 0.15) is 29.9 Å². The fourth-order valence-corrected chi connectivity index (χ4v) is 1.91. The number of aromatic nitrogens is 1. The molecule has 1 aliphatic rings. The van der Waals surface area contributed by atoms with Crippen molar-refractivity contribution in [3.8, 4) is 0 Å². The molecule has 1 aromatic rings. The van der Waals surface area contributed by atoms with E-state index in [2.05, 4.69) is 5.16 Å². The molecule has 2 rings (SSSR count). The highest BCUT2D eigenvalue weighted by atomic mass is 16.6. The van der Waals surface area contributed by atoms with E-state index in [4.69, 9.17) is 14.0 Å². The van der Waals surface area contributed by atoms with Gasteiger partial charge in [0.2, 0.25) is 0 Å². The molecule has 0 aromatic carbocycles. The Balaban J connectivity index is 1.80. The third kappa shape index (κ3) is 3.06. The van der Waals surface area contributed by atoms with Gasteiger partial charge in [-0.25, -0.2) is 0 Å². The van der Waals surface area contributed by atoms with Gasteiger partial charge in [-0.3, -0.25) is 4.79 Å². The average Bonchev–Trinajstić information content (AvgIpc) is 2.91. The van der Waals surface area contributed by atoms with Crippen molar-refractivity contribution in [2.45, 2.75) is 39.2 Å². The Morgan fingerprint density at radius 2 is 2.35 bits per heavy atom. The van der Waals surface area contributed by atoms with Gasteiger partial charge in [-0.1, -0.05) is 5.16 Å². The molecule has 0 saturated carbocycles. The Morgan fingerprint density at radius 1 is 1.53 bits per heavy atom. The molecule has 0 amide bonds. The van der Waals surface area contributed by atoms with Gasteiger partial charge in [0.25, 0.3) is 0 Å². The summed E-state index contributed by atoms with van der Waals surface area (Å²) in [5.41, 5.74) is 1.57. The number of carbonyl (C=O) groups is 1. The lowest BCUT2D eigenvalue weighted by Crippen LogP contribution is -2.19. The molecule has 0 N–H and O–H groups in total. The van der Waals surface area contributed by atoms with Crippen LogP contribution in [0, 0.1) is 13.8 Å². The number of carbonyl (C=O) groups excluding carboxylic acids is 1. The van der Waals surface area contributed by atoms with Crippen molar-refractivity contribution in [2.24, 2.45) is 0 Å². The first-order chi connectivity index (χ1) is 8.16. The molecule has 0 radical (unpaired) electrons. The minimum Gasteiger partial charge on any atom is -0.463 e. The first-order valence-corrected chi connectivity index (χ1v) is 5.86. The van der Waals surface area contributed by atoms with Gasteiger partial charge < -0.3 is 14.0 Å². The van der Waals surface area contributed by atoms with Crippen LogP contribution in [0.2, 0.25) is 0 Å². The lowest BCUT2D eigenvalue weighted by atomic mass is 10.1. The minimum absolute atomic E-state index is 0.0728. The molecule has 5 heteroatoms. The molecule has 5 nitrogen and oxygen atoms in total. The summed E-state index contributed by atoms with van der Waals surface area (Å²) in [6, 6.07) is 0. The number of hydrogen-bond donors (Lipinski definition) is 0. The predicted octanol–water partition coefficient (Wildman–Crippen LogP) is 1.56. The second-order valence-electron chi connectivity index (χ2n) is 4.30. The van der Waals surface area contributed by atoms with Crippen molar-refractivity contribution in [1.82, 2.24) is 5.16 Å². The normalized spacial score (nSPS) is 19.5. The van der Waals surface area contributed by atoms with Crippen LogP contribution in [-0.2, 0) is 20.7 Å². The summed E-state index contributed by atoms with van der Waals surface area (Å²) in [5, 5.41) is 3.80. The summed E-state index contributed by atoms with van der Waals surface area (Å²) >= 11 is 0. The minimum atomic E-state index is -0.255. The van der Waals surface area contributed by atoms with Gasteiger partial charge in [0.1, 0.15) is 12.4 Å². The van der Waals surface area contributed by atoms with Gasteiger partial charge in [-0.15, -0.1) is 0 Å². The molecule has 1 aliphatic heterocycles. The molecule has 1 atom stereocenters. The maximum atomic E-state index is 11.6. The SMILES string of the molecule is Cc1noc(C)c1CC(=O)OCC1CCCO1. The highest BCUT2D eigenvalue weighted by molar-refractivity contribution is 5.73. The predicted molar refractivity (Wildman–Crippen MR) is 59.6 cm³/mol. The van der Waals surface area contributed by atoms with E-state index in [0.717, 1.165) is 30.7 Å². The van der Waals surface area contributed by atoms with Crippen molar-refractivity contribution in [3.63, 3.8) is 0 Å². The Hall–Kier alpha value is -1.36. The van der Waals surface area contributed by atoms with Crippen LogP contribution < -0.4 is 0 Å². The molecule has 1 unspecified atom stereocenters. The molecule has 1 saturated heterocycles. The van der Waals surface area contributed by atoms with E-state index >= 15 is 0 Å². The zero-order valence-electron chi connectivity index (χ0n) is 10.2. The third-order valence-corrected chi connectivity index (χ3v) is 2.96. The Labute approximate surface area is 100 Å². The van der Waals surface area contributed by atoms with Crippen molar-refractivity contribution >= 4 is 5.97 Å². The van der Waals surface area contributed by atoms with E-state index in [1.807, 2.05) is 6.92 Å². The van der Waals surface area contributed by atoms with E-state index in [1.165, 1.54) is 0 Å². The lowest BCUT2D eigenvalue weighted by molar-refractivity contribution is -0.146. The highest BCUT2D eigenvalue weighted by Crippen LogP contribution is 2.15. The number of rotatable bonds is 4. The van der Waals surface area contributed by atoms with E-state index in [0.29, 0.717) is 12.4 Å². The Morgan fingerprint density at radius 3 is 2.94 bits per heavy atom. The molecule has 1 aromatic heterocycles. The highest BCUT2D eigenvalue weighted by Gasteiger charge is 2.19. The smallest absolute Gasteiger partial charge is 0.310 e. The van der Waals surface area contributed by atoms with E-state index in [9.17, 15) is 4.79 Å². The molecular formula is C12H17NO4. The van der Waals surface area contributed by atoms with Crippen LogP contribution >= 0.6 is 0 Å². The van der Waals surface area contributed by atoms with Crippen LogP contribution in [0.15, 0.2) is 4.52 Å². The average molecular weight is 239 g/mol.